The third-order valence-corrected chi connectivity index (χ3v) is 11.5. The molecule has 0 radical (unpaired) electrons. The van der Waals surface area contributed by atoms with Gasteiger partial charge >= 0.3 is 13.8 Å². The zero-order valence-electron chi connectivity index (χ0n) is 34.0. The van der Waals surface area contributed by atoms with E-state index in [-0.39, 0.29) is 13.0 Å². The molecule has 1 fully saturated rings. The molecule has 1 aliphatic carbocycles. The van der Waals surface area contributed by atoms with Gasteiger partial charge in [-0.05, 0) is 12.8 Å². The van der Waals surface area contributed by atoms with Crippen molar-refractivity contribution < 1.29 is 58.3 Å². The fraction of sp³-hybridized carbons (Fsp3) is 0.976. The van der Waals surface area contributed by atoms with Crippen molar-refractivity contribution in [2.45, 2.75) is 236 Å². The average Bonchev–Trinajstić information content (AvgIpc) is 3.15. The molecule has 12 nitrogen and oxygen atoms in total. The Hall–Kier alpha value is -0.660. The van der Waals surface area contributed by atoms with E-state index in [2.05, 4.69) is 13.8 Å². The SMILES string of the molecule is CCCCCCCCCCCCCCCCCCCCCOCC(COP(=O)(O)OC1C(O)C(O)C(O)C(O)C1O)OC(=O)CCCCCCCCCC. The summed E-state index contributed by atoms with van der Waals surface area (Å²) < 4.78 is 34.0. The lowest BCUT2D eigenvalue weighted by Gasteiger charge is -2.41. The molecule has 322 valence electrons. The number of aliphatic hydroxyl groups excluding tert-OH is 5. The number of hydrogen-bond acceptors (Lipinski definition) is 11. The molecule has 0 aromatic rings. The first-order valence-corrected chi connectivity index (χ1v) is 23.4. The fourth-order valence-corrected chi connectivity index (χ4v) is 7.92. The molecule has 0 bridgehead atoms. The van der Waals surface area contributed by atoms with Gasteiger partial charge < -0.3 is 39.9 Å². The van der Waals surface area contributed by atoms with Gasteiger partial charge in [0, 0.05) is 13.0 Å². The number of phosphoric acid groups is 1. The Morgan fingerprint density at radius 3 is 1.28 bits per heavy atom. The molecule has 1 rings (SSSR count). The van der Waals surface area contributed by atoms with E-state index in [1.165, 1.54) is 128 Å². The Morgan fingerprint density at radius 1 is 0.519 bits per heavy atom. The Morgan fingerprint density at radius 2 is 0.870 bits per heavy atom. The quantitative estimate of drug-likeness (QED) is 0.0201. The summed E-state index contributed by atoms with van der Waals surface area (Å²) >= 11 is 0. The monoisotopic (exact) mass is 797 g/mol. The van der Waals surface area contributed by atoms with E-state index in [4.69, 9.17) is 18.5 Å². The van der Waals surface area contributed by atoms with Crippen LogP contribution in [0.15, 0.2) is 0 Å². The molecule has 0 saturated heterocycles. The number of unbranched alkanes of at least 4 members (excludes halogenated alkanes) is 25. The van der Waals surface area contributed by atoms with Gasteiger partial charge in [-0.25, -0.2) is 4.57 Å². The minimum Gasteiger partial charge on any atom is -0.457 e. The zero-order valence-corrected chi connectivity index (χ0v) is 34.9. The standard InChI is InChI=1S/C41H81O12P/c1-3-5-7-9-11-13-14-15-16-17-18-19-20-21-22-23-25-27-29-31-50-32-34(52-35(42)30-28-26-24-12-10-8-6-4-2)33-51-54(48,49)53-41-39(46)37(44)36(43)38(45)40(41)47/h34,36-41,43-47H,3-33H2,1-2H3,(H,48,49). The molecule has 0 aromatic heterocycles. The first-order chi connectivity index (χ1) is 26.0. The first kappa shape index (κ1) is 51.4. The summed E-state index contributed by atoms with van der Waals surface area (Å²) in [6.45, 7) is 4.24. The smallest absolute Gasteiger partial charge is 0.457 e. The van der Waals surface area contributed by atoms with E-state index < -0.39 is 63.1 Å². The van der Waals surface area contributed by atoms with Crippen molar-refractivity contribution in [3.8, 4) is 0 Å². The highest BCUT2D eigenvalue weighted by molar-refractivity contribution is 7.47. The Labute approximate surface area is 327 Å². The molecule has 1 aliphatic rings. The number of hydrogen-bond donors (Lipinski definition) is 6. The van der Waals surface area contributed by atoms with Crippen LogP contribution in [0.1, 0.15) is 194 Å². The first-order valence-electron chi connectivity index (χ1n) is 21.9. The second kappa shape index (κ2) is 33.3. The van der Waals surface area contributed by atoms with Gasteiger partial charge in [-0.3, -0.25) is 13.8 Å². The van der Waals surface area contributed by atoms with Crippen molar-refractivity contribution in [3.05, 3.63) is 0 Å². The zero-order chi connectivity index (χ0) is 39.9. The van der Waals surface area contributed by atoms with Crippen LogP contribution in [-0.4, -0.2) is 98.9 Å². The van der Waals surface area contributed by atoms with Crippen molar-refractivity contribution in [2.75, 3.05) is 19.8 Å². The maximum atomic E-state index is 12.7. The van der Waals surface area contributed by atoms with Crippen LogP contribution in [0.25, 0.3) is 0 Å². The van der Waals surface area contributed by atoms with E-state index >= 15 is 0 Å². The summed E-state index contributed by atoms with van der Waals surface area (Å²) in [5.41, 5.74) is 0. The molecule has 0 amide bonds. The summed E-state index contributed by atoms with van der Waals surface area (Å²) in [6.07, 6.45) is 20.6. The van der Waals surface area contributed by atoms with Crippen LogP contribution in [0.3, 0.4) is 0 Å². The summed E-state index contributed by atoms with van der Waals surface area (Å²) in [7, 11) is -5.00. The van der Waals surface area contributed by atoms with Crippen molar-refractivity contribution in [1.82, 2.24) is 0 Å². The molecule has 0 spiro atoms. The van der Waals surface area contributed by atoms with Gasteiger partial charge in [-0.15, -0.1) is 0 Å². The second-order valence-corrected chi connectivity index (χ2v) is 17.0. The van der Waals surface area contributed by atoms with Gasteiger partial charge in [0.25, 0.3) is 0 Å². The van der Waals surface area contributed by atoms with Gasteiger partial charge in [-0.2, -0.15) is 0 Å². The van der Waals surface area contributed by atoms with Gasteiger partial charge in [0.2, 0.25) is 0 Å². The second-order valence-electron chi connectivity index (χ2n) is 15.6. The number of carbonyl (C=O) groups excluding carboxylic acids is 1. The number of phosphoric ester groups is 1. The minimum atomic E-state index is -5.00. The van der Waals surface area contributed by atoms with Crippen LogP contribution < -0.4 is 0 Å². The largest absolute Gasteiger partial charge is 0.472 e. The molecule has 1 saturated carbocycles. The average molecular weight is 797 g/mol. The third-order valence-electron chi connectivity index (χ3n) is 10.5. The van der Waals surface area contributed by atoms with Crippen LogP contribution in [0.5, 0.6) is 0 Å². The van der Waals surface area contributed by atoms with E-state index in [1.807, 2.05) is 0 Å². The molecule has 0 aliphatic heterocycles. The van der Waals surface area contributed by atoms with Crippen molar-refractivity contribution in [2.24, 2.45) is 0 Å². The maximum Gasteiger partial charge on any atom is 0.472 e. The molecule has 0 heterocycles. The minimum absolute atomic E-state index is 0.0689. The van der Waals surface area contributed by atoms with Gasteiger partial charge in [0.15, 0.2) is 0 Å². The highest BCUT2D eigenvalue weighted by Crippen LogP contribution is 2.47. The third kappa shape index (κ3) is 25.6. The lowest BCUT2D eigenvalue weighted by molar-refractivity contribution is -0.220. The normalized spacial score (nSPS) is 23.3. The van der Waals surface area contributed by atoms with Crippen molar-refractivity contribution in [3.63, 3.8) is 0 Å². The lowest BCUT2D eigenvalue weighted by atomic mass is 9.85. The fourth-order valence-electron chi connectivity index (χ4n) is 6.94. The highest BCUT2D eigenvalue weighted by atomic mass is 31.2. The molecule has 6 atom stereocenters. The van der Waals surface area contributed by atoms with Crippen LogP contribution in [0.4, 0.5) is 0 Å². The Kier molecular flexibility index (Phi) is 31.7. The van der Waals surface area contributed by atoms with Crippen LogP contribution in [0.2, 0.25) is 0 Å². The lowest BCUT2D eigenvalue weighted by Crippen LogP contribution is -2.64. The van der Waals surface area contributed by atoms with Crippen LogP contribution in [0, 0.1) is 0 Å². The number of carbonyl (C=O) groups is 1. The van der Waals surface area contributed by atoms with Crippen molar-refractivity contribution in [1.29, 1.82) is 0 Å². The summed E-state index contributed by atoms with van der Waals surface area (Å²) in [5.74, 6) is -0.478. The van der Waals surface area contributed by atoms with Crippen molar-refractivity contribution >= 4 is 13.8 Å². The van der Waals surface area contributed by atoms with E-state index in [1.54, 1.807) is 0 Å². The number of aliphatic hydroxyl groups is 5. The van der Waals surface area contributed by atoms with Crippen LogP contribution >= 0.6 is 7.82 Å². The van der Waals surface area contributed by atoms with E-state index in [9.17, 15) is 39.8 Å². The Bertz CT molecular complexity index is 911. The molecule has 6 unspecified atom stereocenters. The summed E-state index contributed by atoms with van der Waals surface area (Å²) in [4.78, 5) is 23.0. The molecule has 54 heavy (non-hydrogen) atoms. The number of ether oxygens (including phenoxy) is 2. The molecule has 0 aromatic carbocycles. The number of rotatable bonds is 37. The topological polar surface area (TPSA) is 192 Å². The summed E-state index contributed by atoms with van der Waals surface area (Å²) in [6, 6.07) is 0. The van der Waals surface area contributed by atoms with Gasteiger partial charge in [0.05, 0.1) is 13.2 Å². The highest BCUT2D eigenvalue weighted by Gasteiger charge is 2.51. The van der Waals surface area contributed by atoms with E-state index in [0.717, 1.165) is 38.5 Å². The molecule has 6 N–H and O–H groups in total. The Balaban J connectivity index is 2.32. The van der Waals surface area contributed by atoms with Gasteiger partial charge in [0.1, 0.15) is 42.7 Å². The predicted octanol–water partition coefficient (Wildman–Crippen LogP) is 8.20. The summed E-state index contributed by atoms with van der Waals surface area (Å²) in [5, 5.41) is 50.0. The molecule has 13 heteroatoms. The predicted molar refractivity (Wildman–Crippen MR) is 212 cm³/mol. The number of esters is 1. The van der Waals surface area contributed by atoms with Crippen LogP contribution in [-0.2, 0) is 27.9 Å². The maximum absolute atomic E-state index is 12.7. The molecular weight excluding hydrogens is 715 g/mol. The van der Waals surface area contributed by atoms with E-state index in [0.29, 0.717) is 13.0 Å². The van der Waals surface area contributed by atoms with Gasteiger partial charge in [-0.1, -0.05) is 174 Å². The molecular formula is C41H81O12P.